The van der Waals surface area contributed by atoms with Gasteiger partial charge in [-0.2, -0.15) is 4.98 Å². The van der Waals surface area contributed by atoms with Crippen LogP contribution in [0.15, 0.2) is 42.9 Å². The largest absolute Gasteiger partial charge is 0.378 e. The smallest absolute Gasteiger partial charge is 0.270 e. The van der Waals surface area contributed by atoms with Crippen molar-refractivity contribution in [3.63, 3.8) is 0 Å². The second-order valence-electron chi connectivity index (χ2n) is 9.32. The maximum absolute atomic E-state index is 12.9. The van der Waals surface area contributed by atoms with Crippen LogP contribution in [0.2, 0.25) is 0 Å². The third-order valence-corrected chi connectivity index (χ3v) is 6.60. The molecule has 0 spiro atoms. The van der Waals surface area contributed by atoms with Crippen LogP contribution in [0.1, 0.15) is 57.5 Å². The van der Waals surface area contributed by atoms with Gasteiger partial charge in [-0.05, 0) is 31.0 Å². The van der Waals surface area contributed by atoms with Gasteiger partial charge in [-0.15, -0.1) is 0 Å². The van der Waals surface area contributed by atoms with E-state index in [0.717, 1.165) is 48.9 Å². The minimum Gasteiger partial charge on any atom is -0.378 e. The Balaban J connectivity index is 0.00000130. The lowest BCUT2D eigenvalue weighted by molar-refractivity contribution is -0.114. The first kappa shape index (κ1) is 26.1. The van der Waals surface area contributed by atoms with E-state index in [9.17, 15) is 9.59 Å². The number of anilines is 3. The highest BCUT2D eigenvalue weighted by atomic mass is 16.2. The summed E-state index contributed by atoms with van der Waals surface area (Å²) < 4.78 is 2.09. The van der Waals surface area contributed by atoms with Crippen molar-refractivity contribution in [3.05, 3.63) is 48.6 Å². The van der Waals surface area contributed by atoms with Crippen molar-refractivity contribution in [1.82, 2.24) is 29.3 Å². The van der Waals surface area contributed by atoms with Gasteiger partial charge in [0, 0.05) is 65.6 Å². The van der Waals surface area contributed by atoms with Gasteiger partial charge >= 0.3 is 0 Å². The van der Waals surface area contributed by atoms with E-state index in [-0.39, 0.29) is 19.3 Å². The Bertz CT molecular complexity index is 1280. The first-order valence-corrected chi connectivity index (χ1v) is 12.9. The summed E-state index contributed by atoms with van der Waals surface area (Å²) in [5, 5.41) is 4.01. The van der Waals surface area contributed by atoms with Crippen LogP contribution in [0.25, 0.3) is 11.0 Å². The molecule has 37 heavy (non-hydrogen) atoms. The number of hydrogen-bond acceptors (Lipinski definition) is 7. The highest BCUT2D eigenvalue weighted by Gasteiger charge is 2.26. The summed E-state index contributed by atoms with van der Waals surface area (Å²) in [7, 11) is 5.47. The van der Waals surface area contributed by atoms with Gasteiger partial charge in [0.1, 0.15) is 17.2 Å². The van der Waals surface area contributed by atoms with Crippen molar-refractivity contribution in [2.75, 3.05) is 44.4 Å². The summed E-state index contributed by atoms with van der Waals surface area (Å²) in [5.41, 5.74) is 2.13. The number of hydrogen-bond donors (Lipinski definition) is 1. The molecule has 1 N–H and O–H groups in total. The maximum Gasteiger partial charge on any atom is 0.270 e. The molecule has 2 amide bonds. The lowest BCUT2D eigenvalue weighted by atomic mass is 10.2. The van der Waals surface area contributed by atoms with Crippen LogP contribution in [0.3, 0.4) is 0 Å². The van der Waals surface area contributed by atoms with Crippen molar-refractivity contribution < 1.29 is 11.0 Å². The number of carbonyl (C=O) groups is 2. The molecule has 2 aliphatic rings. The van der Waals surface area contributed by atoms with Crippen molar-refractivity contribution in [3.8, 4) is 0 Å². The molecule has 198 valence electrons. The molecule has 10 nitrogen and oxygen atoms in total. The average Bonchev–Trinajstić information content (AvgIpc) is 3.53. The summed E-state index contributed by atoms with van der Waals surface area (Å²) in [6.07, 6.45) is 11.1. The number of fused-ring (bicyclic) bond motifs is 1. The average molecular weight is 507 g/mol. The molecule has 3 aromatic rings. The van der Waals surface area contributed by atoms with Crippen LogP contribution in [-0.2, 0) is 4.79 Å². The van der Waals surface area contributed by atoms with Gasteiger partial charge in [0.15, 0.2) is 0 Å². The summed E-state index contributed by atoms with van der Waals surface area (Å²) in [5.74, 6) is 0.883. The third kappa shape index (κ3) is 5.58. The third-order valence-electron chi connectivity index (χ3n) is 6.60. The second-order valence-corrected chi connectivity index (χ2v) is 9.32. The number of rotatable bonds is 5. The monoisotopic (exact) mass is 506 g/mol. The standard InChI is InChI=1S/C25H30N8O2.C2H6.H2/c1-30(2)24(35)20-14-17-15-27-25(29-23(17)33(20)18-6-4-5-7-18)28-21-9-8-19(16-26-21)32-13-12-31(3)11-10-22(32)34;1-2;/h8-11,14-16,18H,4-7,12-13H2,1-3H3,(H,26,27,28,29);1-2H3;1H. The van der Waals surface area contributed by atoms with Gasteiger partial charge in [-0.3, -0.25) is 9.59 Å². The molecule has 0 bridgehead atoms. The Morgan fingerprint density at radius 2 is 1.86 bits per heavy atom. The Hall–Kier alpha value is -3.95. The second kappa shape index (κ2) is 11.4. The van der Waals surface area contributed by atoms with Crippen LogP contribution in [0.4, 0.5) is 17.5 Å². The van der Waals surface area contributed by atoms with Crippen LogP contribution in [0.5, 0.6) is 0 Å². The van der Waals surface area contributed by atoms with Crippen molar-refractivity contribution >= 4 is 40.3 Å². The van der Waals surface area contributed by atoms with E-state index in [4.69, 9.17) is 4.98 Å². The number of aromatic nitrogens is 4. The summed E-state index contributed by atoms with van der Waals surface area (Å²) in [6, 6.07) is 5.81. The van der Waals surface area contributed by atoms with E-state index in [2.05, 4.69) is 19.9 Å². The fraction of sp³-hybridized carbons (Fsp3) is 0.444. The Kier molecular flexibility index (Phi) is 8.05. The zero-order chi connectivity index (χ0) is 26.5. The fourth-order valence-corrected chi connectivity index (χ4v) is 4.71. The maximum atomic E-state index is 12.9. The molecule has 4 heterocycles. The van der Waals surface area contributed by atoms with Gasteiger partial charge in [0.2, 0.25) is 5.95 Å². The van der Waals surface area contributed by atoms with E-state index in [0.29, 0.717) is 24.0 Å². The lowest BCUT2D eigenvalue weighted by Crippen LogP contribution is -2.32. The summed E-state index contributed by atoms with van der Waals surface area (Å²) in [4.78, 5) is 44.3. The Morgan fingerprint density at radius 3 is 2.54 bits per heavy atom. The molecule has 1 fully saturated rings. The fourth-order valence-electron chi connectivity index (χ4n) is 4.71. The molecular formula is C27H38N8O2. The van der Waals surface area contributed by atoms with Gasteiger partial charge in [0.05, 0.1) is 11.9 Å². The molecule has 0 unspecified atom stereocenters. The number of pyridine rings is 1. The first-order valence-electron chi connectivity index (χ1n) is 12.9. The lowest BCUT2D eigenvalue weighted by Gasteiger charge is -2.21. The highest BCUT2D eigenvalue weighted by molar-refractivity contribution is 6.01. The normalized spacial score (nSPS) is 16.0. The van der Waals surface area contributed by atoms with Gasteiger partial charge in [-0.25, -0.2) is 9.97 Å². The molecule has 3 aromatic heterocycles. The molecule has 1 aliphatic heterocycles. The van der Waals surface area contributed by atoms with Crippen LogP contribution < -0.4 is 10.2 Å². The number of nitrogens with one attached hydrogen (secondary N) is 1. The topological polar surface area (TPSA) is 99.5 Å². The zero-order valence-corrected chi connectivity index (χ0v) is 22.3. The quantitative estimate of drug-likeness (QED) is 0.546. The van der Waals surface area contributed by atoms with Crippen LogP contribution >= 0.6 is 0 Å². The van der Waals surface area contributed by atoms with Crippen LogP contribution in [-0.4, -0.2) is 75.4 Å². The zero-order valence-electron chi connectivity index (χ0n) is 22.3. The first-order chi connectivity index (χ1) is 17.9. The number of likely N-dealkylation sites (N-methyl/N-ethyl adjacent to an activating group) is 1. The minimum absolute atomic E-state index is 0. The number of carbonyl (C=O) groups excluding carboxylic acids is 2. The summed E-state index contributed by atoms with van der Waals surface area (Å²) >= 11 is 0. The predicted octanol–water partition coefficient (Wildman–Crippen LogP) is 4.45. The molecule has 10 heteroatoms. The molecule has 5 rings (SSSR count). The van der Waals surface area contributed by atoms with Crippen molar-refractivity contribution in [2.24, 2.45) is 0 Å². The number of amides is 2. The van der Waals surface area contributed by atoms with E-state index in [1.165, 1.54) is 0 Å². The molecule has 0 saturated heterocycles. The minimum atomic E-state index is -0.0682. The molecule has 0 aromatic carbocycles. The van der Waals surface area contributed by atoms with E-state index >= 15 is 0 Å². The molecular weight excluding hydrogens is 468 g/mol. The van der Waals surface area contributed by atoms with Crippen LogP contribution in [0, 0.1) is 0 Å². The van der Waals surface area contributed by atoms with E-state index in [1.54, 1.807) is 48.6 Å². The predicted molar refractivity (Wildman–Crippen MR) is 148 cm³/mol. The van der Waals surface area contributed by atoms with Crippen molar-refractivity contribution in [2.45, 2.75) is 45.6 Å². The van der Waals surface area contributed by atoms with E-state index < -0.39 is 0 Å². The van der Waals surface area contributed by atoms with E-state index in [1.807, 2.05) is 44.0 Å². The number of nitrogens with zero attached hydrogens (tertiary/aromatic N) is 7. The van der Waals surface area contributed by atoms with Gasteiger partial charge < -0.3 is 24.6 Å². The molecule has 0 atom stereocenters. The van der Waals surface area contributed by atoms with Gasteiger partial charge in [-0.1, -0.05) is 26.7 Å². The molecule has 1 aliphatic carbocycles. The van der Waals surface area contributed by atoms with Crippen molar-refractivity contribution in [1.29, 1.82) is 0 Å². The molecule has 0 radical (unpaired) electrons. The Morgan fingerprint density at radius 1 is 1.11 bits per heavy atom. The van der Waals surface area contributed by atoms with Gasteiger partial charge in [0.25, 0.3) is 11.8 Å². The molecule has 1 saturated carbocycles. The summed E-state index contributed by atoms with van der Waals surface area (Å²) in [6.45, 7) is 5.33. The Labute approximate surface area is 219 Å². The highest BCUT2D eigenvalue weighted by Crippen LogP contribution is 2.35. The SMILES string of the molecule is CC.CN1C=CC(=O)N(c2ccc(Nc3ncc4cc(C(=O)N(C)C)n(C5CCCC5)c4n3)nc2)CC1.[HH].